The number of amides is 2. The van der Waals surface area contributed by atoms with E-state index in [2.05, 4.69) is 9.97 Å². The maximum absolute atomic E-state index is 10.4. The molecule has 0 spiro atoms. The van der Waals surface area contributed by atoms with E-state index in [0.717, 1.165) is 0 Å². The number of primary amides is 2. The Morgan fingerprint density at radius 1 is 0.489 bits per heavy atom. The summed E-state index contributed by atoms with van der Waals surface area (Å²) in [4.78, 5) is 68.9. The van der Waals surface area contributed by atoms with Crippen molar-refractivity contribution in [3.05, 3.63) is 131 Å². The Labute approximate surface area is 277 Å². The molecular formula is C28H38CoN4O14+4. The number of carboxylic acids is 2. The Bertz CT molecular complexity index is 1320. The van der Waals surface area contributed by atoms with Crippen LogP contribution in [0.1, 0.15) is 62.1 Å². The van der Waals surface area contributed by atoms with Gasteiger partial charge in [-0.3, -0.25) is 29.1 Å². The van der Waals surface area contributed by atoms with E-state index < -0.39 is 23.8 Å². The topological polar surface area (TPSA) is 421 Å². The summed E-state index contributed by atoms with van der Waals surface area (Å²) in [5.41, 5.74) is 11.9. The van der Waals surface area contributed by atoms with Crippen LogP contribution >= 0.6 is 0 Å². The molecule has 1 radical (unpaired) electrons. The molecule has 2 heterocycles. The number of hydrogen-bond acceptors (Lipinski definition) is 10. The molecule has 2 amide bonds. The summed E-state index contributed by atoms with van der Waals surface area (Å²) >= 11 is 0. The van der Waals surface area contributed by atoms with E-state index in [1.807, 2.05) is 0 Å². The molecule has 2 aromatic carbocycles. The first-order valence-electron chi connectivity index (χ1n) is 11.0. The zero-order valence-corrected chi connectivity index (χ0v) is 25.4. The van der Waals surface area contributed by atoms with E-state index >= 15 is 0 Å². The first-order valence-corrected chi connectivity index (χ1v) is 11.0. The van der Waals surface area contributed by atoms with Crippen molar-refractivity contribution in [1.82, 2.24) is 9.97 Å². The van der Waals surface area contributed by atoms with E-state index in [1.54, 1.807) is 24.3 Å². The van der Waals surface area contributed by atoms with Crippen molar-refractivity contribution >= 4 is 36.3 Å². The number of pyridine rings is 2. The van der Waals surface area contributed by atoms with Gasteiger partial charge in [-0.15, -0.1) is 0 Å². The Kier molecular flexibility index (Phi) is 38.3. The number of carbonyl (C=O) groups excluding carboxylic acids is 6. The fourth-order valence-electron chi connectivity index (χ4n) is 2.43. The third kappa shape index (κ3) is 23.3. The van der Waals surface area contributed by atoms with Gasteiger partial charge in [-0.1, -0.05) is 48.5 Å². The van der Waals surface area contributed by atoms with Gasteiger partial charge in [0, 0.05) is 47.0 Å². The number of benzene rings is 2. The fourth-order valence-corrected chi connectivity index (χ4v) is 2.43. The molecule has 0 unspecified atom stereocenters. The molecule has 20 N–H and O–H groups in total. The number of aromatic nitrogens is 2. The van der Waals surface area contributed by atoms with Crippen LogP contribution in [0.25, 0.3) is 0 Å². The molecule has 0 saturated carbocycles. The van der Waals surface area contributed by atoms with Crippen molar-refractivity contribution in [2.24, 2.45) is 11.5 Å². The van der Waals surface area contributed by atoms with Gasteiger partial charge in [-0.05, 0) is 35.4 Å². The maximum Gasteiger partial charge on any atom is 2.00 e. The van der Waals surface area contributed by atoms with Crippen LogP contribution < -0.4 is 21.7 Å². The molecule has 4 aromatic rings. The van der Waals surface area contributed by atoms with Gasteiger partial charge in [0.05, 0.1) is 11.9 Å². The van der Waals surface area contributed by atoms with Crippen LogP contribution in [-0.2, 0) is 38.7 Å². The minimum absolute atomic E-state index is 0. The molecule has 0 atom stereocenters. The van der Waals surface area contributed by atoms with Crippen LogP contribution in [0.3, 0.4) is 0 Å². The van der Waals surface area contributed by atoms with Crippen LogP contribution in [0.2, 0.25) is 0 Å². The van der Waals surface area contributed by atoms with Gasteiger partial charge in [0.2, 0.25) is 11.8 Å². The van der Waals surface area contributed by atoms with E-state index in [4.69, 9.17) is 11.5 Å². The second-order valence-electron chi connectivity index (χ2n) is 7.25. The van der Waals surface area contributed by atoms with Crippen LogP contribution in [0.4, 0.5) is 0 Å². The summed E-state index contributed by atoms with van der Waals surface area (Å²) in [7, 11) is 0. The van der Waals surface area contributed by atoms with Crippen molar-refractivity contribution in [3.8, 4) is 0 Å². The van der Waals surface area contributed by atoms with Crippen molar-refractivity contribution in [2.45, 2.75) is 0 Å². The third-order valence-corrected chi connectivity index (χ3v) is 4.49. The largest absolute Gasteiger partial charge is 2.00 e. The predicted octanol–water partition coefficient (Wildman–Crippen LogP) is -5.25. The van der Waals surface area contributed by atoms with Crippen LogP contribution in [0, 0.1) is 0 Å². The number of carboxylic acid groups (broad SMARTS) is 2. The quantitative estimate of drug-likeness (QED) is 0.141. The van der Waals surface area contributed by atoms with E-state index in [0.29, 0.717) is 34.8 Å². The number of aldehydes is 2. The minimum atomic E-state index is -1.23. The summed E-state index contributed by atoms with van der Waals surface area (Å²) in [6.45, 7) is 0. The number of nitrogens with zero attached hydrogens (tertiary/aromatic N) is 2. The number of hydrogen-bond donors (Lipinski definition) is 2. The fraction of sp³-hybridized carbons (Fsp3) is 0. The zero-order chi connectivity index (χ0) is 29.9. The van der Waals surface area contributed by atoms with Gasteiger partial charge in [-0.2, -0.15) is 0 Å². The van der Waals surface area contributed by atoms with Crippen molar-refractivity contribution in [2.75, 3.05) is 0 Å². The molecule has 4 rings (SSSR count). The van der Waals surface area contributed by atoms with Gasteiger partial charge in [0.15, 0.2) is 0 Å². The van der Waals surface area contributed by atoms with Crippen LogP contribution in [0.15, 0.2) is 97.6 Å². The van der Waals surface area contributed by atoms with Crippen molar-refractivity contribution < 1.29 is 88.6 Å². The minimum Gasteiger partial charge on any atom is -0.545 e. The summed E-state index contributed by atoms with van der Waals surface area (Å²) in [5.74, 6) is -3.31. The van der Waals surface area contributed by atoms with Gasteiger partial charge in [-0.25, -0.2) is 0 Å². The van der Waals surface area contributed by atoms with Crippen LogP contribution in [-0.4, -0.2) is 57.2 Å². The van der Waals surface area contributed by atoms with Crippen LogP contribution in [0.5, 0.6) is 0 Å². The van der Waals surface area contributed by atoms with Gasteiger partial charge < -0.3 is 64.1 Å². The molecular weight excluding hydrogens is 675 g/mol. The second kappa shape index (κ2) is 31.6. The van der Waals surface area contributed by atoms with E-state index in [9.17, 15) is 39.0 Å². The molecule has 0 fully saturated rings. The molecule has 18 nitrogen and oxygen atoms in total. The molecule has 0 bridgehead atoms. The first kappa shape index (κ1) is 56.9. The molecule has 47 heavy (non-hydrogen) atoms. The molecule has 0 saturated heterocycles. The summed E-state index contributed by atoms with van der Waals surface area (Å²) in [6, 6.07) is 17.3. The SMILES string of the molecule is NC(=O)c1ccncc1.NC(=O)c1ccncc1.O.O.O=Cc1ccc(C(=O)[O-])cc1.O=Cc1ccc(C(=O)[O-])cc1.[Co+2].[OH3+].[OH3+].[OH3+].[OH3+]. The molecule has 0 aliphatic carbocycles. The van der Waals surface area contributed by atoms with E-state index in [-0.39, 0.29) is 60.8 Å². The Balaban J connectivity index is -0.0000000868. The smallest absolute Gasteiger partial charge is 0.545 e. The summed E-state index contributed by atoms with van der Waals surface area (Å²) in [5, 5.41) is 20.4. The molecule has 259 valence electrons. The Morgan fingerprint density at radius 3 is 0.872 bits per heavy atom. The zero-order valence-electron chi connectivity index (χ0n) is 24.4. The summed E-state index contributed by atoms with van der Waals surface area (Å²) < 4.78 is 0. The van der Waals surface area contributed by atoms with Gasteiger partial charge >= 0.3 is 16.8 Å². The first-order chi connectivity index (χ1) is 19.1. The van der Waals surface area contributed by atoms with Gasteiger partial charge in [0.25, 0.3) is 0 Å². The number of nitrogens with two attached hydrogens (primary N) is 2. The standard InChI is InChI=1S/2C8H6O3.2C6H6N2O.Co.6H2O/c2*9-5-6-1-3-7(4-2-6)8(10)11;2*7-6(9)5-1-3-8-4-2-5;;;;;;;/h2*1-5H,(H,10,11);2*1-4H,(H2,7,9);;6*1H2/q;;;;+2;;;;;;/p+2. The molecule has 0 aliphatic rings. The Morgan fingerprint density at radius 2 is 0.723 bits per heavy atom. The predicted molar refractivity (Wildman–Crippen MR) is 165 cm³/mol. The average molecular weight is 714 g/mol. The second-order valence-corrected chi connectivity index (χ2v) is 7.25. The monoisotopic (exact) mass is 713 g/mol. The normalized spacial score (nSPS) is 7.66. The summed E-state index contributed by atoms with van der Waals surface area (Å²) in [6.07, 6.45) is 7.42. The van der Waals surface area contributed by atoms with Crippen molar-refractivity contribution in [1.29, 1.82) is 0 Å². The van der Waals surface area contributed by atoms with Gasteiger partial charge in [0.1, 0.15) is 12.6 Å². The maximum atomic E-state index is 10.4. The number of rotatable bonds is 6. The average Bonchev–Trinajstić information content (AvgIpc) is 2.99. The molecule has 2 aromatic heterocycles. The Hall–Kier alpha value is -5.77. The third-order valence-electron chi connectivity index (χ3n) is 4.49. The molecule has 19 heteroatoms. The van der Waals surface area contributed by atoms with E-state index in [1.165, 1.54) is 73.3 Å². The molecule has 0 aliphatic heterocycles. The number of aromatic carboxylic acids is 2. The van der Waals surface area contributed by atoms with Crippen molar-refractivity contribution in [3.63, 3.8) is 0 Å². The number of carbonyl (C=O) groups is 6.